The number of benzene rings is 1. The second-order valence-electron chi connectivity index (χ2n) is 7.92. The summed E-state index contributed by atoms with van der Waals surface area (Å²) in [7, 11) is 0. The summed E-state index contributed by atoms with van der Waals surface area (Å²) in [6, 6.07) is 7.74. The van der Waals surface area contributed by atoms with Gasteiger partial charge in [0.15, 0.2) is 5.72 Å². The molecule has 0 aliphatic carbocycles. The maximum absolute atomic E-state index is 13.1. The molecule has 5 heteroatoms. The number of likely N-dealkylation sites (tertiary alicyclic amines) is 1. The van der Waals surface area contributed by atoms with Crippen LogP contribution >= 0.6 is 0 Å². The normalized spacial score (nSPS) is 28.9. The van der Waals surface area contributed by atoms with Crippen molar-refractivity contribution in [3.05, 3.63) is 29.8 Å². The number of nitrogens with zero attached hydrogens (tertiary/aromatic N) is 1. The maximum Gasteiger partial charge on any atom is 0.238 e. The molecule has 1 fully saturated rings. The Labute approximate surface area is 143 Å². The molecule has 3 rings (SSSR count). The van der Waals surface area contributed by atoms with Crippen molar-refractivity contribution >= 4 is 11.8 Å². The third-order valence-electron chi connectivity index (χ3n) is 4.85. The first-order chi connectivity index (χ1) is 11.2. The number of piperidine rings is 1. The topological polar surface area (TPSA) is 58.6 Å². The molecule has 0 radical (unpaired) electrons. The number of nitrogens with one attached hydrogen (secondary N) is 1. The molecular formula is C19H26N2O3. The molecule has 3 unspecified atom stereocenters. The largest absolute Gasteiger partial charge is 0.468 e. The fourth-order valence-electron chi connectivity index (χ4n) is 3.94. The van der Waals surface area contributed by atoms with E-state index in [0.717, 1.165) is 11.3 Å². The summed E-state index contributed by atoms with van der Waals surface area (Å²) in [4.78, 5) is 27.7. The quantitative estimate of drug-likeness (QED) is 0.848. The van der Waals surface area contributed by atoms with Gasteiger partial charge in [-0.15, -0.1) is 0 Å². The second-order valence-corrected chi connectivity index (χ2v) is 7.92. The average Bonchev–Trinajstić information content (AvgIpc) is 2.45. The van der Waals surface area contributed by atoms with E-state index in [0.29, 0.717) is 13.0 Å². The lowest BCUT2D eigenvalue weighted by molar-refractivity contribution is -0.175. The Morgan fingerprint density at radius 2 is 2.04 bits per heavy atom. The number of ether oxygens (including phenoxy) is 1. The fraction of sp³-hybridized carbons (Fsp3) is 0.579. The van der Waals surface area contributed by atoms with Gasteiger partial charge in [0.25, 0.3) is 0 Å². The zero-order valence-electron chi connectivity index (χ0n) is 15.1. The van der Waals surface area contributed by atoms with Gasteiger partial charge in [0.05, 0.1) is 0 Å². The zero-order chi connectivity index (χ0) is 17.7. The summed E-state index contributed by atoms with van der Waals surface area (Å²) in [5.74, 6) is -0.433. The van der Waals surface area contributed by atoms with E-state index in [9.17, 15) is 9.59 Å². The summed E-state index contributed by atoms with van der Waals surface area (Å²) < 4.78 is 6.17. The zero-order valence-corrected chi connectivity index (χ0v) is 15.1. The molecular weight excluding hydrogens is 304 g/mol. The van der Waals surface area contributed by atoms with Crippen LogP contribution in [0.3, 0.4) is 0 Å². The van der Waals surface area contributed by atoms with E-state index >= 15 is 0 Å². The Bertz CT molecular complexity index is 679. The number of fused-ring (bicyclic) bond motifs is 4. The molecule has 1 N–H and O–H groups in total. The molecule has 1 aromatic carbocycles. The molecule has 0 saturated carbocycles. The number of hydrogen-bond acceptors (Lipinski definition) is 3. The van der Waals surface area contributed by atoms with Crippen molar-refractivity contribution in [1.82, 2.24) is 10.2 Å². The predicted octanol–water partition coefficient (Wildman–Crippen LogP) is 2.66. The van der Waals surface area contributed by atoms with Crippen LogP contribution in [0.2, 0.25) is 0 Å². The minimum atomic E-state index is -0.706. The van der Waals surface area contributed by atoms with E-state index in [2.05, 4.69) is 5.32 Å². The first-order valence-corrected chi connectivity index (χ1v) is 8.58. The van der Waals surface area contributed by atoms with Crippen molar-refractivity contribution in [3.8, 4) is 5.75 Å². The molecule has 2 aliphatic heterocycles. The van der Waals surface area contributed by atoms with E-state index in [4.69, 9.17) is 4.74 Å². The highest BCUT2D eigenvalue weighted by Crippen LogP contribution is 2.50. The van der Waals surface area contributed by atoms with Gasteiger partial charge in [0.2, 0.25) is 11.8 Å². The summed E-state index contributed by atoms with van der Waals surface area (Å²) in [5.41, 5.74) is -0.114. The van der Waals surface area contributed by atoms with Crippen molar-refractivity contribution in [1.29, 1.82) is 0 Å². The lowest BCUT2D eigenvalue weighted by Crippen LogP contribution is -2.65. The SMILES string of the molecule is CCN1C(=O)C(C(=O)NC(C)(C)C)C2CC1(C)Oc1ccccc12. The van der Waals surface area contributed by atoms with Gasteiger partial charge in [-0.3, -0.25) is 9.59 Å². The van der Waals surface area contributed by atoms with Crippen LogP contribution in [-0.4, -0.2) is 34.5 Å². The molecule has 0 aromatic heterocycles. The van der Waals surface area contributed by atoms with E-state index in [1.54, 1.807) is 4.90 Å². The average molecular weight is 330 g/mol. The van der Waals surface area contributed by atoms with Gasteiger partial charge in [-0.25, -0.2) is 0 Å². The van der Waals surface area contributed by atoms with Crippen molar-refractivity contribution in [3.63, 3.8) is 0 Å². The number of hydrogen-bond donors (Lipinski definition) is 1. The minimum absolute atomic E-state index is 0.146. The molecule has 5 nitrogen and oxygen atoms in total. The van der Waals surface area contributed by atoms with Gasteiger partial charge in [-0.2, -0.15) is 0 Å². The summed E-state index contributed by atoms with van der Waals surface area (Å²) in [6.45, 7) is 10.2. The highest BCUT2D eigenvalue weighted by Gasteiger charge is 2.55. The first-order valence-electron chi connectivity index (χ1n) is 8.58. The Morgan fingerprint density at radius 1 is 1.38 bits per heavy atom. The van der Waals surface area contributed by atoms with Gasteiger partial charge in [-0.1, -0.05) is 18.2 Å². The van der Waals surface area contributed by atoms with Crippen LogP contribution in [0.4, 0.5) is 0 Å². The Balaban J connectivity index is 2.06. The van der Waals surface area contributed by atoms with E-state index in [1.165, 1.54) is 0 Å². The van der Waals surface area contributed by atoms with Crippen LogP contribution < -0.4 is 10.1 Å². The third-order valence-corrected chi connectivity index (χ3v) is 4.85. The van der Waals surface area contributed by atoms with E-state index in [-0.39, 0.29) is 23.3 Å². The molecule has 0 spiro atoms. The monoisotopic (exact) mass is 330 g/mol. The standard InChI is InChI=1S/C19H26N2O3/c1-6-21-17(23)15(16(22)20-18(2,3)4)13-11-19(21,5)24-14-10-8-7-9-12(13)14/h7-10,13,15H,6,11H2,1-5H3,(H,20,22). The highest BCUT2D eigenvalue weighted by molar-refractivity contribution is 6.02. The van der Waals surface area contributed by atoms with E-state index in [1.807, 2.05) is 58.9 Å². The molecule has 1 aromatic rings. The van der Waals surface area contributed by atoms with Crippen LogP contribution in [0.5, 0.6) is 5.75 Å². The summed E-state index contributed by atoms with van der Waals surface area (Å²) in [6.07, 6.45) is 0.631. The van der Waals surface area contributed by atoms with Gasteiger partial charge in [0.1, 0.15) is 11.7 Å². The van der Waals surface area contributed by atoms with Gasteiger partial charge in [0, 0.05) is 24.4 Å². The van der Waals surface area contributed by atoms with Crippen molar-refractivity contribution in [2.45, 2.75) is 58.2 Å². The molecule has 2 amide bonds. The Kier molecular flexibility index (Phi) is 3.85. The van der Waals surface area contributed by atoms with Crippen molar-refractivity contribution in [2.24, 2.45) is 5.92 Å². The molecule has 130 valence electrons. The molecule has 3 atom stereocenters. The summed E-state index contributed by atoms with van der Waals surface area (Å²) >= 11 is 0. The molecule has 2 aliphatic rings. The molecule has 1 saturated heterocycles. The summed E-state index contributed by atoms with van der Waals surface area (Å²) in [5, 5.41) is 2.98. The highest BCUT2D eigenvalue weighted by atomic mass is 16.5. The van der Waals surface area contributed by atoms with Crippen LogP contribution in [0.1, 0.15) is 52.5 Å². The van der Waals surface area contributed by atoms with Gasteiger partial charge >= 0.3 is 0 Å². The Hall–Kier alpha value is -2.04. The fourth-order valence-corrected chi connectivity index (χ4v) is 3.94. The number of carbonyl (C=O) groups is 2. The van der Waals surface area contributed by atoms with Gasteiger partial charge < -0.3 is 15.0 Å². The predicted molar refractivity (Wildman–Crippen MR) is 91.6 cm³/mol. The van der Waals surface area contributed by atoms with Crippen LogP contribution in [0.15, 0.2) is 24.3 Å². The third kappa shape index (κ3) is 2.66. The smallest absolute Gasteiger partial charge is 0.238 e. The second kappa shape index (κ2) is 5.50. The van der Waals surface area contributed by atoms with Gasteiger partial charge in [-0.05, 0) is 46.2 Å². The van der Waals surface area contributed by atoms with Crippen molar-refractivity contribution < 1.29 is 14.3 Å². The van der Waals surface area contributed by atoms with Crippen LogP contribution in [0, 0.1) is 5.92 Å². The van der Waals surface area contributed by atoms with Crippen molar-refractivity contribution in [2.75, 3.05) is 6.54 Å². The lowest BCUT2D eigenvalue weighted by atomic mass is 9.73. The molecule has 2 bridgehead atoms. The number of amides is 2. The number of rotatable bonds is 2. The molecule has 24 heavy (non-hydrogen) atoms. The molecule has 2 heterocycles. The maximum atomic E-state index is 13.1. The van der Waals surface area contributed by atoms with E-state index < -0.39 is 11.6 Å². The lowest BCUT2D eigenvalue weighted by Gasteiger charge is -2.52. The number of para-hydroxylation sites is 1. The van der Waals surface area contributed by atoms with Crippen LogP contribution in [-0.2, 0) is 9.59 Å². The first kappa shape index (κ1) is 16.8. The van der Waals surface area contributed by atoms with Crippen LogP contribution in [0.25, 0.3) is 0 Å². The minimum Gasteiger partial charge on any atom is -0.468 e. The Morgan fingerprint density at radius 3 is 2.67 bits per heavy atom. The number of carbonyl (C=O) groups excluding carboxylic acids is 2.